The standard InChI is InChI=1S/C19H17ClF2N4O3/c1-29-13-4-2-3-12(21)16(13)15-11(20)10-26-14(9-23-18(26)17(15)22)24-5-7-25(8-6-24)19(27)28/h2-4,9-10H,5-8H2,1H3,(H,27,28). The van der Waals surface area contributed by atoms with Crippen molar-refractivity contribution in [2.24, 2.45) is 0 Å². The fourth-order valence-electron chi connectivity index (χ4n) is 3.54. The Morgan fingerprint density at radius 1 is 1.21 bits per heavy atom. The molecule has 4 rings (SSSR count). The number of benzene rings is 1. The van der Waals surface area contributed by atoms with Crippen molar-refractivity contribution in [3.05, 3.63) is 47.2 Å². The lowest BCUT2D eigenvalue weighted by Crippen LogP contribution is -2.48. The average molecular weight is 423 g/mol. The molecule has 0 radical (unpaired) electrons. The van der Waals surface area contributed by atoms with E-state index in [4.69, 9.17) is 21.4 Å². The van der Waals surface area contributed by atoms with Gasteiger partial charge in [-0.05, 0) is 12.1 Å². The average Bonchev–Trinajstić information content (AvgIpc) is 3.13. The number of aromatic nitrogens is 2. The summed E-state index contributed by atoms with van der Waals surface area (Å²) in [5, 5.41) is 9.09. The summed E-state index contributed by atoms with van der Waals surface area (Å²) in [5.74, 6) is -0.688. The van der Waals surface area contributed by atoms with Crippen LogP contribution in [0.25, 0.3) is 16.8 Å². The molecule has 7 nitrogen and oxygen atoms in total. The maximum atomic E-state index is 15.4. The van der Waals surface area contributed by atoms with Crippen molar-refractivity contribution >= 4 is 29.2 Å². The first kappa shape index (κ1) is 19.3. The maximum Gasteiger partial charge on any atom is 0.407 e. The largest absolute Gasteiger partial charge is 0.496 e. The Bertz CT molecular complexity index is 1100. The molecule has 1 N–H and O–H groups in total. The molecule has 1 saturated heterocycles. The van der Waals surface area contributed by atoms with Crippen molar-refractivity contribution in [2.45, 2.75) is 0 Å². The van der Waals surface area contributed by atoms with Gasteiger partial charge in [-0.25, -0.2) is 18.6 Å². The van der Waals surface area contributed by atoms with Crippen LogP contribution in [0.2, 0.25) is 5.02 Å². The van der Waals surface area contributed by atoms with E-state index in [0.717, 1.165) is 0 Å². The summed E-state index contributed by atoms with van der Waals surface area (Å²) >= 11 is 6.36. The zero-order valence-electron chi connectivity index (χ0n) is 15.4. The van der Waals surface area contributed by atoms with Gasteiger partial charge < -0.3 is 19.6 Å². The molecular formula is C19H17ClF2N4O3. The molecule has 152 valence electrons. The molecular weight excluding hydrogens is 406 g/mol. The van der Waals surface area contributed by atoms with E-state index in [1.165, 1.54) is 47.0 Å². The molecule has 1 amide bonds. The second-order valence-corrected chi connectivity index (χ2v) is 6.96. The molecule has 3 aromatic rings. The lowest BCUT2D eigenvalue weighted by Gasteiger charge is -2.34. The summed E-state index contributed by atoms with van der Waals surface area (Å²) in [6, 6.07) is 4.19. The van der Waals surface area contributed by atoms with E-state index in [2.05, 4.69) is 4.98 Å². The lowest BCUT2D eigenvalue weighted by atomic mass is 10.0. The van der Waals surface area contributed by atoms with Gasteiger partial charge in [0.2, 0.25) is 0 Å². The number of halogens is 3. The van der Waals surface area contributed by atoms with E-state index in [1.54, 1.807) is 0 Å². The topological polar surface area (TPSA) is 70.3 Å². The molecule has 29 heavy (non-hydrogen) atoms. The van der Waals surface area contributed by atoms with Gasteiger partial charge in [0, 0.05) is 37.9 Å². The third-order valence-electron chi connectivity index (χ3n) is 4.99. The SMILES string of the molecule is COc1cccc(F)c1-c1c(Cl)cn2c(N3CCN(C(=O)O)CC3)cnc2c1F. The summed E-state index contributed by atoms with van der Waals surface area (Å²) in [6.45, 7) is 1.51. The molecule has 0 saturated carbocycles. The zero-order chi connectivity index (χ0) is 20.7. The molecule has 0 spiro atoms. The Morgan fingerprint density at radius 3 is 2.59 bits per heavy atom. The molecule has 1 aliphatic heterocycles. The van der Waals surface area contributed by atoms with Crippen LogP contribution in [0.1, 0.15) is 0 Å². The molecule has 3 heterocycles. The van der Waals surface area contributed by atoms with Crippen LogP contribution in [-0.4, -0.2) is 58.8 Å². The van der Waals surface area contributed by atoms with Crippen LogP contribution in [0, 0.1) is 11.6 Å². The normalized spacial score (nSPS) is 14.5. The van der Waals surface area contributed by atoms with Gasteiger partial charge in [-0.1, -0.05) is 17.7 Å². The van der Waals surface area contributed by atoms with E-state index < -0.39 is 17.7 Å². The summed E-state index contributed by atoms with van der Waals surface area (Å²) in [6.07, 6.45) is 2.00. The van der Waals surface area contributed by atoms with Crippen molar-refractivity contribution in [3.8, 4) is 16.9 Å². The number of piperazine rings is 1. The Kier molecular flexibility index (Phi) is 4.91. The number of ether oxygens (including phenoxy) is 1. The Morgan fingerprint density at radius 2 is 1.93 bits per heavy atom. The van der Waals surface area contributed by atoms with Crippen molar-refractivity contribution < 1.29 is 23.4 Å². The highest BCUT2D eigenvalue weighted by Crippen LogP contribution is 2.40. The van der Waals surface area contributed by atoms with Gasteiger partial charge in [-0.3, -0.25) is 4.40 Å². The molecule has 0 unspecified atom stereocenters. The quantitative estimate of drug-likeness (QED) is 0.696. The third kappa shape index (κ3) is 3.21. The van der Waals surface area contributed by atoms with Gasteiger partial charge in [0.1, 0.15) is 17.4 Å². The summed E-state index contributed by atoms with van der Waals surface area (Å²) in [7, 11) is 1.37. The van der Waals surface area contributed by atoms with Crippen LogP contribution < -0.4 is 9.64 Å². The van der Waals surface area contributed by atoms with Crippen LogP contribution in [-0.2, 0) is 0 Å². The minimum atomic E-state index is -0.972. The Balaban J connectivity index is 1.79. The second kappa shape index (κ2) is 7.40. The number of hydrogen-bond acceptors (Lipinski definition) is 4. The molecule has 1 aromatic carbocycles. The van der Waals surface area contributed by atoms with Crippen molar-refractivity contribution in [1.29, 1.82) is 0 Å². The van der Waals surface area contributed by atoms with Crippen LogP contribution in [0.3, 0.4) is 0 Å². The number of pyridine rings is 1. The van der Waals surface area contributed by atoms with Crippen molar-refractivity contribution in [3.63, 3.8) is 0 Å². The van der Waals surface area contributed by atoms with E-state index >= 15 is 4.39 Å². The molecule has 0 bridgehead atoms. The van der Waals surface area contributed by atoms with Crippen molar-refractivity contribution in [1.82, 2.24) is 14.3 Å². The van der Waals surface area contributed by atoms with Crippen LogP contribution >= 0.6 is 11.6 Å². The summed E-state index contributed by atoms with van der Waals surface area (Å²) in [4.78, 5) is 18.5. The summed E-state index contributed by atoms with van der Waals surface area (Å²) < 4.78 is 36.5. The number of carbonyl (C=O) groups is 1. The summed E-state index contributed by atoms with van der Waals surface area (Å²) in [5.41, 5.74) is -0.202. The van der Waals surface area contributed by atoms with Gasteiger partial charge in [0.05, 0.1) is 23.9 Å². The number of amides is 1. The van der Waals surface area contributed by atoms with E-state index in [9.17, 15) is 9.18 Å². The number of rotatable bonds is 3. The monoisotopic (exact) mass is 422 g/mol. The Hall–Kier alpha value is -3.07. The van der Waals surface area contributed by atoms with E-state index in [0.29, 0.717) is 32.0 Å². The molecule has 10 heteroatoms. The van der Waals surface area contributed by atoms with E-state index in [1.807, 2.05) is 4.90 Å². The minimum Gasteiger partial charge on any atom is -0.496 e. The van der Waals surface area contributed by atoms with Crippen LogP contribution in [0.4, 0.5) is 19.4 Å². The highest BCUT2D eigenvalue weighted by atomic mass is 35.5. The second-order valence-electron chi connectivity index (χ2n) is 6.55. The number of imidazole rings is 1. The maximum absolute atomic E-state index is 15.4. The molecule has 1 aliphatic rings. The molecule has 0 aliphatic carbocycles. The smallest absolute Gasteiger partial charge is 0.407 e. The number of nitrogens with zero attached hydrogens (tertiary/aromatic N) is 4. The fraction of sp³-hybridized carbons (Fsp3) is 0.263. The number of anilines is 1. The first-order valence-corrected chi connectivity index (χ1v) is 9.21. The van der Waals surface area contributed by atoms with Crippen LogP contribution in [0.5, 0.6) is 5.75 Å². The minimum absolute atomic E-state index is 0.00169. The number of hydrogen-bond donors (Lipinski definition) is 1. The van der Waals surface area contributed by atoms with Gasteiger partial charge >= 0.3 is 6.09 Å². The number of fused-ring (bicyclic) bond motifs is 1. The Labute approximate surface area is 169 Å². The predicted molar refractivity (Wildman–Crippen MR) is 104 cm³/mol. The number of carboxylic acid groups (broad SMARTS) is 1. The van der Waals surface area contributed by atoms with E-state index in [-0.39, 0.29) is 27.5 Å². The third-order valence-corrected chi connectivity index (χ3v) is 5.28. The highest BCUT2D eigenvalue weighted by Gasteiger charge is 2.26. The predicted octanol–water partition coefficient (Wildman–Crippen LogP) is 3.74. The first-order chi connectivity index (χ1) is 13.9. The molecule has 0 atom stereocenters. The highest BCUT2D eigenvalue weighted by molar-refractivity contribution is 6.33. The van der Waals surface area contributed by atoms with Gasteiger partial charge in [0.15, 0.2) is 11.5 Å². The fourth-order valence-corrected chi connectivity index (χ4v) is 3.82. The molecule has 2 aromatic heterocycles. The first-order valence-electron chi connectivity index (χ1n) is 8.83. The van der Waals surface area contributed by atoms with Gasteiger partial charge in [0.25, 0.3) is 0 Å². The molecule has 1 fully saturated rings. The van der Waals surface area contributed by atoms with Crippen molar-refractivity contribution in [2.75, 3.05) is 38.2 Å². The lowest BCUT2D eigenvalue weighted by molar-refractivity contribution is 0.142. The zero-order valence-corrected chi connectivity index (χ0v) is 16.2. The van der Waals surface area contributed by atoms with Gasteiger partial charge in [-0.2, -0.15) is 0 Å². The van der Waals surface area contributed by atoms with Crippen LogP contribution in [0.15, 0.2) is 30.6 Å². The number of methoxy groups -OCH3 is 1. The van der Waals surface area contributed by atoms with Gasteiger partial charge in [-0.15, -0.1) is 0 Å².